The van der Waals surface area contributed by atoms with Gasteiger partial charge < -0.3 is 15.3 Å². The molecule has 20 heavy (non-hydrogen) atoms. The van der Waals surface area contributed by atoms with E-state index in [0.717, 1.165) is 50.1 Å². The van der Waals surface area contributed by atoms with Crippen molar-refractivity contribution in [3.8, 4) is 0 Å². The van der Waals surface area contributed by atoms with Crippen molar-refractivity contribution in [3.05, 3.63) is 29.8 Å². The van der Waals surface area contributed by atoms with Gasteiger partial charge in [-0.2, -0.15) is 0 Å². The number of hydrogen-bond acceptors (Lipinski definition) is 3. The summed E-state index contributed by atoms with van der Waals surface area (Å²) < 4.78 is 0. The number of β-amino-alcohol motifs (C(OH)–C–C–N with tert-alkyl or cyclic N) is 1. The molecule has 1 aliphatic rings. The minimum atomic E-state index is -0.190. The van der Waals surface area contributed by atoms with E-state index in [1.165, 1.54) is 0 Å². The molecule has 2 N–H and O–H groups in total. The van der Waals surface area contributed by atoms with Crippen LogP contribution in [-0.2, 0) is 4.79 Å². The number of piperidine rings is 1. The molecule has 110 valence electrons. The van der Waals surface area contributed by atoms with Crippen molar-refractivity contribution >= 4 is 11.6 Å². The van der Waals surface area contributed by atoms with Crippen LogP contribution >= 0.6 is 0 Å². The van der Waals surface area contributed by atoms with Gasteiger partial charge in [-0.05, 0) is 57.0 Å². The molecule has 1 aromatic carbocycles. The van der Waals surface area contributed by atoms with Crippen LogP contribution in [-0.4, -0.2) is 41.7 Å². The number of aliphatic hydroxyl groups excluding tert-OH is 1. The summed E-state index contributed by atoms with van der Waals surface area (Å²) in [4.78, 5) is 14.1. The molecular weight excluding hydrogens is 252 g/mol. The first-order valence-corrected chi connectivity index (χ1v) is 7.40. The van der Waals surface area contributed by atoms with Crippen LogP contribution in [0.4, 0.5) is 5.69 Å². The summed E-state index contributed by atoms with van der Waals surface area (Å²) in [5, 5.41) is 12.5. The Balaban J connectivity index is 1.67. The van der Waals surface area contributed by atoms with Crippen LogP contribution in [0.3, 0.4) is 0 Å². The number of aliphatic hydroxyl groups is 1. The van der Waals surface area contributed by atoms with E-state index in [9.17, 15) is 9.90 Å². The van der Waals surface area contributed by atoms with Crippen molar-refractivity contribution in [2.24, 2.45) is 0 Å². The number of aryl methyl sites for hydroxylation is 1. The Morgan fingerprint density at radius 3 is 3.10 bits per heavy atom. The number of nitrogens with one attached hydrogen (secondary N) is 1. The molecule has 0 radical (unpaired) electrons. The van der Waals surface area contributed by atoms with Gasteiger partial charge in [-0.25, -0.2) is 0 Å². The zero-order valence-corrected chi connectivity index (χ0v) is 12.1. The van der Waals surface area contributed by atoms with Gasteiger partial charge in [-0.1, -0.05) is 12.1 Å². The first-order chi connectivity index (χ1) is 9.63. The number of rotatable bonds is 5. The Labute approximate surface area is 120 Å². The average Bonchev–Trinajstić information content (AvgIpc) is 2.38. The molecule has 1 aliphatic heterocycles. The van der Waals surface area contributed by atoms with Gasteiger partial charge in [0.05, 0.1) is 6.10 Å². The van der Waals surface area contributed by atoms with E-state index >= 15 is 0 Å². The fraction of sp³-hybridized carbons (Fsp3) is 0.562. The van der Waals surface area contributed by atoms with Crippen LogP contribution in [0.25, 0.3) is 0 Å². The Bertz CT molecular complexity index is 448. The van der Waals surface area contributed by atoms with Crippen LogP contribution in [0.15, 0.2) is 24.3 Å². The average molecular weight is 276 g/mol. The quantitative estimate of drug-likeness (QED) is 0.866. The molecule has 1 atom stereocenters. The maximum Gasteiger partial charge on any atom is 0.224 e. The minimum absolute atomic E-state index is 0.0631. The summed E-state index contributed by atoms with van der Waals surface area (Å²) in [5.74, 6) is 0.0631. The predicted octanol–water partition coefficient (Wildman–Crippen LogP) is 2.17. The van der Waals surface area contributed by atoms with Gasteiger partial charge in [-0.3, -0.25) is 4.79 Å². The standard InChI is InChI=1S/C16H24N2O2/c1-13-5-2-6-14(11-13)17-16(20)8-4-10-18-9-3-7-15(19)12-18/h2,5-6,11,15,19H,3-4,7-10,12H2,1H3,(H,17,20). The zero-order valence-electron chi connectivity index (χ0n) is 12.1. The lowest BCUT2D eigenvalue weighted by Gasteiger charge is -2.29. The van der Waals surface area contributed by atoms with E-state index in [4.69, 9.17) is 0 Å². The first kappa shape index (κ1) is 15.0. The number of nitrogens with zero attached hydrogens (tertiary/aromatic N) is 1. The molecule has 1 saturated heterocycles. The highest BCUT2D eigenvalue weighted by Gasteiger charge is 2.17. The fourth-order valence-corrected chi connectivity index (χ4v) is 2.64. The van der Waals surface area contributed by atoms with Crippen molar-refractivity contribution in [1.82, 2.24) is 4.90 Å². The van der Waals surface area contributed by atoms with Gasteiger partial charge in [0.2, 0.25) is 5.91 Å². The van der Waals surface area contributed by atoms with Crippen LogP contribution in [0.5, 0.6) is 0 Å². The van der Waals surface area contributed by atoms with Crippen LogP contribution < -0.4 is 5.32 Å². The van der Waals surface area contributed by atoms with E-state index in [1.807, 2.05) is 31.2 Å². The molecule has 0 spiro atoms. The fourth-order valence-electron chi connectivity index (χ4n) is 2.64. The number of likely N-dealkylation sites (tertiary alicyclic amines) is 1. The number of anilines is 1. The van der Waals surface area contributed by atoms with Crippen LogP contribution in [0, 0.1) is 6.92 Å². The molecule has 4 nitrogen and oxygen atoms in total. The second kappa shape index (κ2) is 7.41. The summed E-state index contributed by atoms with van der Waals surface area (Å²) in [6.07, 6.45) is 3.14. The SMILES string of the molecule is Cc1cccc(NC(=O)CCCN2CCCC(O)C2)c1. The van der Waals surface area contributed by atoms with Gasteiger partial charge >= 0.3 is 0 Å². The third-order valence-corrected chi connectivity index (χ3v) is 3.66. The number of hydrogen-bond donors (Lipinski definition) is 2. The second-order valence-corrected chi connectivity index (χ2v) is 5.62. The molecule has 1 aromatic rings. The molecule has 0 saturated carbocycles. The van der Waals surface area contributed by atoms with E-state index in [1.54, 1.807) is 0 Å². The molecule has 0 bridgehead atoms. The van der Waals surface area contributed by atoms with Gasteiger partial charge in [0.15, 0.2) is 0 Å². The molecule has 1 unspecified atom stereocenters. The predicted molar refractivity (Wildman–Crippen MR) is 80.7 cm³/mol. The number of carbonyl (C=O) groups excluding carboxylic acids is 1. The third kappa shape index (κ3) is 4.94. The third-order valence-electron chi connectivity index (χ3n) is 3.66. The lowest BCUT2D eigenvalue weighted by atomic mass is 10.1. The summed E-state index contributed by atoms with van der Waals surface area (Å²) >= 11 is 0. The highest BCUT2D eigenvalue weighted by molar-refractivity contribution is 5.90. The maximum absolute atomic E-state index is 11.9. The molecule has 1 amide bonds. The number of benzene rings is 1. The van der Waals surface area contributed by atoms with Gasteiger partial charge in [-0.15, -0.1) is 0 Å². The Hall–Kier alpha value is -1.39. The van der Waals surface area contributed by atoms with E-state index < -0.39 is 0 Å². The van der Waals surface area contributed by atoms with Crippen molar-refractivity contribution in [1.29, 1.82) is 0 Å². The summed E-state index contributed by atoms with van der Waals surface area (Å²) in [5.41, 5.74) is 2.01. The smallest absolute Gasteiger partial charge is 0.224 e. The van der Waals surface area contributed by atoms with E-state index in [2.05, 4.69) is 10.2 Å². The molecule has 0 aromatic heterocycles. The number of amides is 1. The van der Waals surface area contributed by atoms with Crippen molar-refractivity contribution in [2.45, 2.75) is 38.7 Å². The lowest BCUT2D eigenvalue weighted by molar-refractivity contribution is -0.116. The van der Waals surface area contributed by atoms with E-state index in [0.29, 0.717) is 6.42 Å². The molecule has 1 fully saturated rings. The molecule has 4 heteroatoms. The molecular formula is C16H24N2O2. The lowest BCUT2D eigenvalue weighted by Crippen LogP contribution is -2.38. The first-order valence-electron chi connectivity index (χ1n) is 7.40. The minimum Gasteiger partial charge on any atom is -0.392 e. The maximum atomic E-state index is 11.9. The van der Waals surface area contributed by atoms with Crippen LogP contribution in [0.1, 0.15) is 31.2 Å². The molecule has 2 rings (SSSR count). The van der Waals surface area contributed by atoms with Crippen molar-refractivity contribution < 1.29 is 9.90 Å². The molecule has 0 aliphatic carbocycles. The summed E-state index contributed by atoms with van der Waals surface area (Å²) in [7, 11) is 0. The Morgan fingerprint density at radius 2 is 2.35 bits per heavy atom. The summed E-state index contributed by atoms with van der Waals surface area (Å²) in [6, 6.07) is 7.84. The highest BCUT2D eigenvalue weighted by Crippen LogP contribution is 2.12. The van der Waals surface area contributed by atoms with Crippen molar-refractivity contribution in [2.75, 3.05) is 25.0 Å². The second-order valence-electron chi connectivity index (χ2n) is 5.62. The largest absolute Gasteiger partial charge is 0.392 e. The topological polar surface area (TPSA) is 52.6 Å². The normalized spacial score (nSPS) is 19.8. The van der Waals surface area contributed by atoms with Gasteiger partial charge in [0.25, 0.3) is 0 Å². The zero-order chi connectivity index (χ0) is 14.4. The van der Waals surface area contributed by atoms with Crippen LogP contribution in [0.2, 0.25) is 0 Å². The van der Waals surface area contributed by atoms with Gasteiger partial charge in [0, 0.05) is 18.7 Å². The van der Waals surface area contributed by atoms with Crippen molar-refractivity contribution in [3.63, 3.8) is 0 Å². The number of carbonyl (C=O) groups is 1. The molecule has 1 heterocycles. The highest BCUT2D eigenvalue weighted by atomic mass is 16.3. The monoisotopic (exact) mass is 276 g/mol. The Kier molecular flexibility index (Phi) is 5.56. The van der Waals surface area contributed by atoms with Gasteiger partial charge in [0.1, 0.15) is 0 Å². The summed E-state index contributed by atoms with van der Waals surface area (Å²) in [6.45, 7) is 4.69. The van der Waals surface area contributed by atoms with E-state index in [-0.39, 0.29) is 12.0 Å². The Morgan fingerprint density at radius 1 is 1.50 bits per heavy atom.